The van der Waals surface area contributed by atoms with E-state index in [9.17, 15) is 0 Å². The molecule has 4 nitrogen and oxygen atoms in total. The Labute approximate surface area is 119 Å². The van der Waals surface area contributed by atoms with Gasteiger partial charge < -0.3 is 9.26 Å². The molecule has 1 aromatic heterocycles. The van der Waals surface area contributed by atoms with E-state index in [1.807, 2.05) is 6.07 Å². The molecular formula is C16H20N2O2. The molecule has 2 heterocycles. The Kier molecular flexibility index (Phi) is 4.11. The summed E-state index contributed by atoms with van der Waals surface area (Å²) in [6.07, 6.45) is 5.27. The van der Waals surface area contributed by atoms with Gasteiger partial charge in [0.1, 0.15) is 6.10 Å². The molecule has 0 amide bonds. The number of ether oxygens (including phenoxy) is 1. The zero-order valence-corrected chi connectivity index (χ0v) is 11.8. The molecule has 4 heteroatoms. The van der Waals surface area contributed by atoms with Crippen LogP contribution in [-0.4, -0.2) is 16.2 Å². The lowest BCUT2D eigenvalue weighted by molar-refractivity contribution is 0.0355. The van der Waals surface area contributed by atoms with Crippen LogP contribution in [0.25, 0.3) is 0 Å². The van der Waals surface area contributed by atoms with Gasteiger partial charge in [-0.3, -0.25) is 0 Å². The van der Waals surface area contributed by atoms with E-state index in [0.717, 1.165) is 37.9 Å². The van der Waals surface area contributed by atoms with Gasteiger partial charge in [-0.05, 0) is 38.2 Å². The second-order valence-corrected chi connectivity index (χ2v) is 5.40. The third-order valence-corrected chi connectivity index (χ3v) is 3.70. The molecule has 0 bridgehead atoms. The normalized spacial score (nSPS) is 22.2. The topological polar surface area (TPSA) is 48.2 Å². The molecule has 2 unspecified atom stereocenters. The summed E-state index contributed by atoms with van der Waals surface area (Å²) in [5, 5.41) is 4.05. The molecule has 0 saturated carbocycles. The molecule has 2 aromatic rings. The van der Waals surface area contributed by atoms with Gasteiger partial charge in [0.25, 0.3) is 5.89 Å². The summed E-state index contributed by atoms with van der Waals surface area (Å²) >= 11 is 0. The standard InChI is InChI=1S/C16H20N2O2/c1-12-10-11-14(19-12)16-17-15(18-20-16)9-5-8-13-6-3-2-4-7-13/h2-4,6-7,12,14H,5,8-11H2,1H3. The highest BCUT2D eigenvalue weighted by molar-refractivity contribution is 5.14. The van der Waals surface area contributed by atoms with Gasteiger partial charge in [0.15, 0.2) is 5.82 Å². The van der Waals surface area contributed by atoms with Gasteiger partial charge in [-0.2, -0.15) is 4.98 Å². The summed E-state index contributed by atoms with van der Waals surface area (Å²) in [5.74, 6) is 1.43. The molecule has 0 spiro atoms. The molecule has 20 heavy (non-hydrogen) atoms. The molecule has 1 aliphatic heterocycles. The van der Waals surface area contributed by atoms with Crippen LogP contribution >= 0.6 is 0 Å². The summed E-state index contributed by atoms with van der Waals surface area (Å²) in [6, 6.07) is 10.5. The fourth-order valence-corrected chi connectivity index (χ4v) is 2.58. The van der Waals surface area contributed by atoms with Crippen LogP contribution in [0.4, 0.5) is 0 Å². The third-order valence-electron chi connectivity index (χ3n) is 3.70. The van der Waals surface area contributed by atoms with Gasteiger partial charge in [0.05, 0.1) is 6.10 Å². The predicted molar refractivity (Wildman–Crippen MR) is 75.3 cm³/mol. The molecule has 0 aliphatic carbocycles. The van der Waals surface area contributed by atoms with E-state index in [1.165, 1.54) is 5.56 Å². The molecular weight excluding hydrogens is 252 g/mol. The molecule has 0 radical (unpaired) electrons. The van der Waals surface area contributed by atoms with Crippen molar-refractivity contribution >= 4 is 0 Å². The lowest BCUT2D eigenvalue weighted by Crippen LogP contribution is -2.01. The largest absolute Gasteiger partial charge is 0.365 e. The Hall–Kier alpha value is -1.68. The van der Waals surface area contributed by atoms with Gasteiger partial charge in [0, 0.05) is 6.42 Å². The van der Waals surface area contributed by atoms with E-state index in [1.54, 1.807) is 0 Å². The van der Waals surface area contributed by atoms with E-state index in [0.29, 0.717) is 12.0 Å². The Morgan fingerprint density at radius 1 is 1.15 bits per heavy atom. The minimum Gasteiger partial charge on any atom is -0.365 e. The van der Waals surface area contributed by atoms with E-state index < -0.39 is 0 Å². The molecule has 106 valence electrons. The van der Waals surface area contributed by atoms with Crippen molar-refractivity contribution in [2.45, 2.75) is 51.2 Å². The highest BCUT2D eigenvalue weighted by atomic mass is 16.5. The van der Waals surface area contributed by atoms with Crippen molar-refractivity contribution < 1.29 is 9.26 Å². The molecule has 1 fully saturated rings. The first kappa shape index (κ1) is 13.3. The Morgan fingerprint density at radius 2 is 2.00 bits per heavy atom. The number of benzene rings is 1. The number of aromatic nitrogens is 2. The summed E-state index contributed by atoms with van der Waals surface area (Å²) in [6.45, 7) is 2.08. The summed E-state index contributed by atoms with van der Waals surface area (Å²) in [4.78, 5) is 4.46. The first-order chi connectivity index (χ1) is 9.81. The highest BCUT2D eigenvalue weighted by Gasteiger charge is 2.28. The van der Waals surface area contributed by atoms with Crippen LogP contribution in [0.2, 0.25) is 0 Å². The smallest absolute Gasteiger partial charge is 0.255 e. The molecule has 3 rings (SSSR count). The number of rotatable bonds is 5. The maximum Gasteiger partial charge on any atom is 0.255 e. The van der Waals surface area contributed by atoms with Crippen LogP contribution in [0.1, 0.15) is 49.6 Å². The van der Waals surface area contributed by atoms with Crippen LogP contribution in [0, 0.1) is 0 Å². The zero-order valence-electron chi connectivity index (χ0n) is 11.8. The van der Waals surface area contributed by atoms with Crippen molar-refractivity contribution in [1.29, 1.82) is 0 Å². The molecule has 1 saturated heterocycles. The maximum atomic E-state index is 5.74. The summed E-state index contributed by atoms with van der Waals surface area (Å²) < 4.78 is 11.1. The quantitative estimate of drug-likeness (QED) is 0.836. The Balaban J connectivity index is 1.50. The van der Waals surface area contributed by atoms with Crippen LogP contribution in [0.5, 0.6) is 0 Å². The monoisotopic (exact) mass is 272 g/mol. The second-order valence-electron chi connectivity index (χ2n) is 5.40. The zero-order chi connectivity index (χ0) is 13.8. The van der Waals surface area contributed by atoms with Gasteiger partial charge in [0.2, 0.25) is 0 Å². The van der Waals surface area contributed by atoms with Gasteiger partial charge in [-0.1, -0.05) is 35.5 Å². The lowest BCUT2D eigenvalue weighted by Gasteiger charge is -2.04. The first-order valence-corrected chi connectivity index (χ1v) is 7.33. The fraction of sp³-hybridized carbons (Fsp3) is 0.500. The molecule has 1 aliphatic rings. The SMILES string of the molecule is CC1CCC(c2nc(CCCc3ccccc3)no2)O1. The van der Waals surface area contributed by atoms with E-state index in [-0.39, 0.29) is 6.10 Å². The third kappa shape index (κ3) is 3.25. The average molecular weight is 272 g/mol. The predicted octanol–water partition coefficient (Wildman–Crippen LogP) is 3.48. The molecule has 2 atom stereocenters. The van der Waals surface area contributed by atoms with Crippen LogP contribution in [-0.2, 0) is 17.6 Å². The fourth-order valence-electron chi connectivity index (χ4n) is 2.58. The van der Waals surface area contributed by atoms with Crippen molar-refractivity contribution in [2.24, 2.45) is 0 Å². The van der Waals surface area contributed by atoms with Gasteiger partial charge in [-0.25, -0.2) is 0 Å². The number of nitrogens with zero attached hydrogens (tertiary/aromatic N) is 2. The number of hydrogen-bond acceptors (Lipinski definition) is 4. The maximum absolute atomic E-state index is 5.74. The van der Waals surface area contributed by atoms with Crippen molar-refractivity contribution in [3.8, 4) is 0 Å². The molecule has 1 aromatic carbocycles. The van der Waals surface area contributed by atoms with E-state index >= 15 is 0 Å². The Bertz CT molecular complexity index is 538. The van der Waals surface area contributed by atoms with Crippen LogP contribution < -0.4 is 0 Å². The summed E-state index contributed by atoms with van der Waals surface area (Å²) in [5.41, 5.74) is 1.35. The number of hydrogen-bond donors (Lipinski definition) is 0. The minimum absolute atomic E-state index is 0.000346. The van der Waals surface area contributed by atoms with Crippen molar-refractivity contribution in [3.05, 3.63) is 47.6 Å². The van der Waals surface area contributed by atoms with Crippen LogP contribution in [0.15, 0.2) is 34.9 Å². The van der Waals surface area contributed by atoms with Crippen molar-refractivity contribution in [2.75, 3.05) is 0 Å². The van der Waals surface area contributed by atoms with Crippen molar-refractivity contribution in [1.82, 2.24) is 10.1 Å². The van der Waals surface area contributed by atoms with Crippen molar-refractivity contribution in [3.63, 3.8) is 0 Å². The van der Waals surface area contributed by atoms with Crippen LogP contribution in [0.3, 0.4) is 0 Å². The minimum atomic E-state index is 0.000346. The average Bonchev–Trinajstić information content (AvgIpc) is 3.09. The first-order valence-electron chi connectivity index (χ1n) is 7.33. The second kappa shape index (κ2) is 6.18. The van der Waals surface area contributed by atoms with Gasteiger partial charge >= 0.3 is 0 Å². The Morgan fingerprint density at radius 3 is 2.75 bits per heavy atom. The number of aryl methyl sites for hydroxylation is 2. The molecule has 0 N–H and O–H groups in total. The summed E-state index contributed by atoms with van der Waals surface area (Å²) in [7, 11) is 0. The highest BCUT2D eigenvalue weighted by Crippen LogP contribution is 2.31. The van der Waals surface area contributed by atoms with E-state index in [2.05, 4.69) is 41.3 Å². The van der Waals surface area contributed by atoms with E-state index in [4.69, 9.17) is 9.26 Å². The lowest BCUT2D eigenvalue weighted by atomic mass is 10.1. The van der Waals surface area contributed by atoms with Gasteiger partial charge in [-0.15, -0.1) is 0 Å².